The van der Waals surface area contributed by atoms with E-state index in [0.717, 1.165) is 5.56 Å². The molecular formula is C16H11N5O2S. The van der Waals surface area contributed by atoms with Crippen molar-refractivity contribution in [1.29, 1.82) is 0 Å². The van der Waals surface area contributed by atoms with E-state index in [-0.39, 0.29) is 5.56 Å². The highest BCUT2D eigenvalue weighted by atomic mass is 32.2. The molecule has 0 spiro atoms. The van der Waals surface area contributed by atoms with E-state index in [9.17, 15) is 4.79 Å². The number of nitrogens with one attached hydrogen (secondary N) is 1. The van der Waals surface area contributed by atoms with Crippen molar-refractivity contribution >= 4 is 22.7 Å². The molecule has 0 amide bonds. The summed E-state index contributed by atoms with van der Waals surface area (Å²) >= 11 is 1.32. The number of hydrogen-bond acceptors (Lipinski definition) is 7. The fraction of sp³-hybridized carbons (Fsp3) is 0.0625. The first-order valence-corrected chi connectivity index (χ1v) is 8.13. The van der Waals surface area contributed by atoms with Gasteiger partial charge in [-0.3, -0.25) is 9.78 Å². The molecule has 3 aromatic heterocycles. The van der Waals surface area contributed by atoms with Crippen molar-refractivity contribution in [3.63, 3.8) is 0 Å². The number of fused-ring (bicyclic) bond motifs is 1. The number of H-pyrrole nitrogens is 1. The largest absolute Gasteiger partial charge is 0.411 e. The molecule has 118 valence electrons. The van der Waals surface area contributed by atoms with Crippen LogP contribution >= 0.6 is 11.8 Å². The van der Waals surface area contributed by atoms with Crippen molar-refractivity contribution in [2.24, 2.45) is 0 Å². The Hall–Kier alpha value is -3.00. The SMILES string of the molecule is O=c1[nH]c(CSc2nnc(-c3ccncc3)o2)nc2ccccc12. The monoisotopic (exact) mass is 337 g/mol. The number of aromatic nitrogens is 5. The maximum atomic E-state index is 12.0. The van der Waals surface area contributed by atoms with Crippen molar-refractivity contribution in [3.8, 4) is 11.5 Å². The van der Waals surface area contributed by atoms with Crippen LogP contribution in [0.25, 0.3) is 22.4 Å². The first-order valence-electron chi connectivity index (χ1n) is 7.14. The zero-order chi connectivity index (χ0) is 16.4. The molecule has 0 radical (unpaired) electrons. The van der Waals surface area contributed by atoms with Crippen LogP contribution in [-0.4, -0.2) is 25.1 Å². The number of para-hydroxylation sites is 1. The van der Waals surface area contributed by atoms with Gasteiger partial charge >= 0.3 is 0 Å². The van der Waals surface area contributed by atoms with Crippen molar-refractivity contribution in [2.45, 2.75) is 11.0 Å². The lowest BCUT2D eigenvalue weighted by Gasteiger charge is -2.00. The molecule has 24 heavy (non-hydrogen) atoms. The summed E-state index contributed by atoms with van der Waals surface area (Å²) in [5, 5.41) is 8.99. The molecule has 0 aliphatic rings. The molecule has 3 heterocycles. The van der Waals surface area contributed by atoms with Crippen molar-refractivity contribution in [3.05, 3.63) is 65.0 Å². The second-order valence-corrected chi connectivity index (χ2v) is 5.85. The Morgan fingerprint density at radius 1 is 1.08 bits per heavy atom. The fourth-order valence-electron chi connectivity index (χ4n) is 2.21. The van der Waals surface area contributed by atoms with Gasteiger partial charge in [-0.25, -0.2) is 4.98 Å². The Balaban J connectivity index is 1.53. The quantitative estimate of drug-likeness (QED) is 0.572. The van der Waals surface area contributed by atoms with Gasteiger partial charge in [0.25, 0.3) is 10.8 Å². The summed E-state index contributed by atoms with van der Waals surface area (Å²) in [4.78, 5) is 23.2. The number of aromatic amines is 1. The second-order valence-electron chi connectivity index (χ2n) is 4.93. The van der Waals surface area contributed by atoms with Crippen molar-refractivity contribution in [2.75, 3.05) is 0 Å². The van der Waals surface area contributed by atoms with Gasteiger partial charge < -0.3 is 9.40 Å². The number of hydrogen-bond donors (Lipinski definition) is 1. The first-order chi connectivity index (χ1) is 11.8. The maximum absolute atomic E-state index is 12.0. The fourth-order valence-corrected chi connectivity index (χ4v) is 2.85. The average molecular weight is 337 g/mol. The van der Waals surface area contributed by atoms with Crippen LogP contribution in [0.1, 0.15) is 5.82 Å². The molecule has 0 saturated heterocycles. The van der Waals surface area contributed by atoms with Crippen molar-refractivity contribution < 1.29 is 4.42 Å². The lowest BCUT2D eigenvalue weighted by atomic mass is 10.2. The summed E-state index contributed by atoms with van der Waals surface area (Å²) in [6, 6.07) is 10.8. The number of pyridine rings is 1. The van der Waals surface area contributed by atoms with Gasteiger partial charge in [-0.15, -0.1) is 10.2 Å². The summed E-state index contributed by atoms with van der Waals surface area (Å²) in [5.74, 6) is 1.42. The van der Waals surface area contributed by atoms with E-state index in [1.54, 1.807) is 30.6 Å². The van der Waals surface area contributed by atoms with E-state index in [1.807, 2.05) is 18.2 Å². The predicted molar refractivity (Wildman–Crippen MR) is 89.5 cm³/mol. The minimum absolute atomic E-state index is 0.154. The third kappa shape index (κ3) is 2.91. The minimum atomic E-state index is -0.154. The second kappa shape index (κ2) is 6.25. The van der Waals surface area contributed by atoms with Gasteiger partial charge in [0.2, 0.25) is 5.89 Å². The minimum Gasteiger partial charge on any atom is -0.411 e. The topological polar surface area (TPSA) is 97.6 Å². The van der Waals surface area contributed by atoms with Crippen LogP contribution in [-0.2, 0) is 5.75 Å². The normalized spacial score (nSPS) is 11.0. The molecule has 0 aliphatic carbocycles. The molecule has 7 nitrogen and oxygen atoms in total. The van der Waals surface area contributed by atoms with E-state index in [2.05, 4.69) is 25.1 Å². The number of rotatable bonds is 4. The van der Waals surface area contributed by atoms with Gasteiger partial charge in [-0.1, -0.05) is 23.9 Å². The highest BCUT2D eigenvalue weighted by molar-refractivity contribution is 7.98. The zero-order valence-corrected chi connectivity index (χ0v) is 13.2. The maximum Gasteiger partial charge on any atom is 0.277 e. The molecule has 1 aromatic carbocycles. The van der Waals surface area contributed by atoms with Gasteiger partial charge in [-0.2, -0.15) is 0 Å². The molecule has 0 unspecified atom stereocenters. The van der Waals surface area contributed by atoms with Crippen LogP contribution in [0.4, 0.5) is 0 Å². The van der Waals surface area contributed by atoms with Crippen LogP contribution in [0, 0.1) is 0 Å². The summed E-state index contributed by atoms with van der Waals surface area (Å²) in [5.41, 5.74) is 1.32. The van der Waals surface area contributed by atoms with E-state index < -0.39 is 0 Å². The Kier molecular flexibility index (Phi) is 3.80. The number of nitrogens with zero attached hydrogens (tertiary/aromatic N) is 4. The highest BCUT2D eigenvalue weighted by Crippen LogP contribution is 2.24. The molecule has 0 aliphatic heterocycles. The summed E-state index contributed by atoms with van der Waals surface area (Å²) < 4.78 is 5.60. The molecular weight excluding hydrogens is 326 g/mol. The molecule has 0 saturated carbocycles. The average Bonchev–Trinajstić information content (AvgIpc) is 3.10. The van der Waals surface area contributed by atoms with Crippen LogP contribution in [0.15, 0.2) is 63.2 Å². The van der Waals surface area contributed by atoms with E-state index in [4.69, 9.17) is 4.42 Å². The first kappa shape index (κ1) is 14.6. The Labute approximate surface area is 140 Å². The lowest BCUT2D eigenvalue weighted by molar-refractivity contribution is 0.465. The standard InChI is InChI=1S/C16H11N5O2S/c22-14-11-3-1-2-4-12(11)18-13(19-14)9-24-16-21-20-15(23-16)10-5-7-17-8-6-10/h1-8H,9H2,(H,18,19,22). The van der Waals surface area contributed by atoms with Gasteiger partial charge in [0, 0.05) is 18.0 Å². The van der Waals surface area contributed by atoms with E-state index in [1.165, 1.54) is 11.8 Å². The van der Waals surface area contributed by atoms with Gasteiger partial charge in [0.05, 0.1) is 16.7 Å². The Bertz CT molecular complexity index is 1040. The molecule has 4 aromatic rings. The number of thioether (sulfide) groups is 1. The smallest absolute Gasteiger partial charge is 0.277 e. The zero-order valence-electron chi connectivity index (χ0n) is 12.3. The Morgan fingerprint density at radius 2 is 1.92 bits per heavy atom. The van der Waals surface area contributed by atoms with Crippen LogP contribution < -0.4 is 5.56 Å². The van der Waals surface area contributed by atoms with E-state index in [0.29, 0.717) is 33.6 Å². The summed E-state index contributed by atoms with van der Waals surface area (Å²) in [6.45, 7) is 0. The molecule has 1 N–H and O–H groups in total. The van der Waals surface area contributed by atoms with Crippen molar-refractivity contribution in [1.82, 2.24) is 25.1 Å². The highest BCUT2D eigenvalue weighted by Gasteiger charge is 2.10. The van der Waals surface area contributed by atoms with Crippen LogP contribution in [0.2, 0.25) is 0 Å². The van der Waals surface area contributed by atoms with Crippen LogP contribution in [0.5, 0.6) is 0 Å². The summed E-state index contributed by atoms with van der Waals surface area (Å²) in [7, 11) is 0. The summed E-state index contributed by atoms with van der Waals surface area (Å²) in [6.07, 6.45) is 3.33. The third-order valence-electron chi connectivity index (χ3n) is 3.33. The molecule has 0 atom stereocenters. The van der Waals surface area contributed by atoms with Gasteiger partial charge in [-0.05, 0) is 24.3 Å². The molecule has 8 heteroatoms. The number of benzene rings is 1. The van der Waals surface area contributed by atoms with Crippen LogP contribution in [0.3, 0.4) is 0 Å². The predicted octanol–water partition coefficient (Wildman–Crippen LogP) is 2.66. The van der Waals surface area contributed by atoms with Gasteiger partial charge in [0.1, 0.15) is 5.82 Å². The third-order valence-corrected chi connectivity index (χ3v) is 4.16. The Morgan fingerprint density at radius 3 is 2.79 bits per heavy atom. The lowest BCUT2D eigenvalue weighted by Crippen LogP contribution is -2.11. The molecule has 4 rings (SSSR count). The molecule has 0 fully saturated rings. The van der Waals surface area contributed by atoms with Gasteiger partial charge in [0.15, 0.2) is 0 Å². The van der Waals surface area contributed by atoms with E-state index >= 15 is 0 Å². The molecule has 0 bridgehead atoms.